The molecular formula is C12H16N2O2. The third-order valence-corrected chi connectivity index (χ3v) is 2.16. The maximum absolute atomic E-state index is 12.0. The topological polar surface area (TPSA) is 53.4 Å². The predicted molar refractivity (Wildman–Crippen MR) is 62.2 cm³/mol. The monoisotopic (exact) mass is 220 g/mol. The Kier molecular flexibility index (Phi) is 4.66. The van der Waals surface area contributed by atoms with Gasteiger partial charge in [-0.3, -0.25) is 9.78 Å². The fourth-order valence-electron chi connectivity index (χ4n) is 1.33. The van der Waals surface area contributed by atoms with Gasteiger partial charge in [-0.15, -0.1) is 6.58 Å². The molecule has 0 aromatic carbocycles. The third kappa shape index (κ3) is 3.17. The summed E-state index contributed by atoms with van der Waals surface area (Å²) < 4.78 is 0. The van der Waals surface area contributed by atoms with Gasteiger partial charge in [0.25, 0.3) is 5.91 Å². The molecule has 0 spiro atoms. The molecule has 1 N–H and O–H groups in total. The highest BCUT2D eigenvalue weighted by molar-refractivity contribution is 5.94. The number of hydrogen-bond donors (Lipinski definition) is 1. The number of amides is 1. The van der Waals surface area contributed by atoms with Crippen molar-refractivity contribution in [2.75, 3.05) is 19.7 Å². The van der Waals surface area contributed by atoms with E-state index >= 15 is 0 Å². The molecule has 0 atom stereocenters. The first-order chi connectivity index (χ1) is 7.69. The lowest BCUT2D eigenvalue weighted by Crippen LogP contribution is -2.33. The number of nitrogens with zero attached hydrogens (tertiary/aromatic N) is 2. The Balaban J connectivity index is 2.80. The van der Waals surface area contributed by atoms with Gasteiger partial charge in [-0.1, -0.05) is 6.08 Å². The van der Waals surface area contributed by atoms with Gasteiger partial charge in [0.15, 0.2) is 0 Å². The van der Waals surface area contributed by atoms with Crippen LogP contribution in [-0.2, 0) is 0 Å². The SMILES string of the molecule is C=CCN(CCO)C(=O)c1ccc(C)nc1. The summed E-state index contributed by atoms with van der Waals surface area (Å²) in [6, 6.07) is 3.52. The van der Waals surface area contributed by atoms with Crippen LogP contribution in [0.4, 0.5) is 0 Å². The van der Waals surface area contributed by atoms with Crippen molar-refractivity contribution in [3.05, 3.63) is 42.2 Å². The lowest BCUT2D eigenvalue weighted by atomic mass is 10.2. The summed E-state index contributed by atoms with van der Waals surface area (Å²) >= 11 is 0. The molecule has 0 fully saturated rings. The van der Waals surface area contributed by atoms with Crippen LogP contribution in [0.25, 0.3) is 0 Å². The van der Waals surface area contributed by atoms with Gasteiger partial charge in [0.1, 0.15) is 0 Å². The molecule has 4 heteroatoms. The zero-order valence-corrected chi connectivity index (χ0v) is 9.39. The van der Waals surface area contributed by atoms with E-state index in [0.717, 1.165) is 5.69 Å². The fourth-order valence-corrected chi connectivity index (χ4v) is 1.33. The minimum atomic E-state index is -0.138. The number of hydrogen-bond acceptors (Lipinski definition) is 3. The average molecular weight is 220 g/mol. The highest BCUT2D eigenvalue weighted by Gasteiger charge is 2.13. The summed E-state index contributed by atoms with van der Waals surface area (Å²) in [5.74, 6) is -0.138. The lowest BCUT2D eigenvalue weighted by Gasteiger charge is -2.19. The van der Waals surface area contributed by atoms with E-state index in [2.05, 4.69) is 11.6 Å². The van der Waals surface area contributed by atoms with Crippen LogP contribution in [0.15, 0.2) is 31.0 Å². The number of pyridine rings is 1. The Morgan fingerprint density at radius 1 is 1.62 bits per heavy atom. The molecule has 0 bridgehead atoms. The normalized spacial score (nSPS) is 9.88. The molecule has 0 saturated heterocycles. The zero-order valence-electron chi connectivity index (χ0n) is 9.39. The maximum atomic E-state index is 12.0. The Labute approximate surface area is 95.2 Å². The Bertz CT molecular complexity index is 360. The van der Waals surface area contributed by atoms with Gasteiger partial charge in [0, 0.05) is 25.0 Å². The summed E-state index contributed by atoms with van der Waals surface area (Å²) in [5.41, 5.74) is 1.40. The molecule has 1 rings (SSSR count). The van der Waals surface area contributed by atoms with Crippen LogP contribution in [0.3, 0.4) is 0 Å². The van der Waals surface area contributed by atoms with Crippen LogP contribution in [0.1, 0.15) is 16.1 Å². The molecule has 1 aromatic heterocycles. The van der Waals surface area contributed by atoms with E-state index in [9.17, 15) is 4.79 Å². The van der Waals surface area contributed by atoms with Crippen molar-refractivity contribution in [1.29, 1.82) is 0 Å². The first-order valence-electron chi connectivity index (χ1n) is 5.12. The van der Waals surface area contributed by atoms with E-state index in [0.29, 0.717) is 18.7 Å². The molecule has 1 amide bonds. The number of carbonyl (C=O) groups is 1. The second-order valence-electron chi connectivity index (χ2n) is 3.45. The molecule has 0 aliphatic heterocycles. The molecule has 0 saturated carbocycles. The third-order valence-electron chi connectivity index (χ3n) is 2.16. The van der Waals surface area contributed by atoms with Gasteiger partial charge in [-0.05, 0) is 19.1 Å². The second-order valence-corrected chi connectivity index (χ2v) is 3.45. The van der Waals surface area contributed by atoms with Gasteiger partial charge < -0.3 is 10.0 Å². The second kappa shape index (κ2) is 6.02. The molecule has 1 heterocycles. The maximum Gasteiger partial charge on any atom is 0.255 e. The minimum absolute atomic E-state index is 0.0567. The van der Waals surface area contributed by atoms with Crippen molar-refractivity contribution >= 4 is 5.91 Å². The van der Waals surface area contributed by atoms with Crippen LogP contribution in [0.2, 0.25) is 0 Å². The van der Waals surface area contributed by atoms with Crippen molar-refractivity contribution in [2.24, 2.45) is 0 Å². The molecule has 86 valence electrons. The molecule has 0 unspecified atom stereocenters. The molecule has 16 heavy (non-hydrogen) atoms. The van der Waals surface area contributed by atoms with Crippen molar-refractivity contribution in [3.63, 3.8) is 0 Å². The van der Waals surface area contributed by atoms with E-state index in [4.69, 9.17) is 5.11 Å². The first-order valence-corrected chi connectivity index (χ1v) is 5.12. The van der Waals surface area contributed by atoms with Crippen LogP contribution in [0, 0.1) is 6.92 Å². The molecule has 0 aliphatic carbocycles. The van der Waals surface area contributed by atoms with Crippen LogP contribution < -0.4 is 0 Å². The number of carbonyl (C=O) groups excluding carboxylic acids is 1. The zero-order chi connectivity index (χ0) is 12.0. The van der Waals surface area contributed by atoms with E-state index in [1.54, 1.807) is 24.4 Å². The number of rotatable bonds is 5. The summed E-state index contributed by atoms with van der Waals surface area (Å²) in [5, 5.41) is 8.86. The molecule has 4 nitrogen and oxygen atoms in total. The van der Waals surface area contributed by atoms with Gasteiger partial charge in [-0.25, -0.2) is 0 Å². The number of aliphatic hydroxyl groups excluding tert-OH is 1. The summed E-state index contributed by atoms with van der Waals surface area (Å²) in [6.07, 6.45) is 3.18. The van der Waals surface area contributed by atoms with Crippen LogP contribution in [0.5, 0.6) is 0 Å². The van der Waals surface area contributed by atoms with Crippen LogP contribution >= 0.6 is 0 Å². The first kappa shape index (κ1) is 12.4. The van der Waals surface area contributed by atoms with Gasteiger partial charge >= 0.3 is 0 Å². The van der Waals surface area contributed by atoms with E-state index < -0.39 is 0 Å². The number of aryl methyl sites for hydroxylation is 1. The molecule has 0 aliphatic rings. The van der Waals surface area contributed by atoms with Crippen molar-refractivity contribution in [1.82, 2.24) is 9.88 Å². The quantitative estimate of drug-likeness (QED) is 0.753. The Morgan fingerprint density at radius 3 is 2.88 bits per heavy atom. The smallest absolute Gasteiger partial charge is 0.255 e. The predicted octanol–water partition coefficient (Wildman–Crippen LogP) is 1.01. The standard InChI is InChI=1S/C12H16N2O2/c1-3-6-14(7-8-15)12(16)11-5-4-10(2)13-9-11/h3-5,9,15H,1,6-8H2,2H3. The summed E-state index contributed by atoms with van der Waals surface area (Å²) in [6.45, 7) is 6.12. The van der Waals surface area contributed by atoms with Crippen LogP contribution in [-0.4, -0.2) is 40.6 Å². The average Bonchev–Trinajstić information content (AvgIpc) is 2.29. The molecule has 0 radical (unpaired) electrons. The van der Waals surface area contributed by atoms with E-state index in [1.807, 2.05) is 6.92 Å². The minimum Gasteiger partial charge on any atom is -0.395 e. The van der Waals surface area contributed by atoms with Crippen molar-refractivity contribution in [3.8, 4) is 0 Å². The van der Waals surface area contributed by atoms with Crippen molar-refractivity contribution in [2.45, 2.75) is 6.92 Å². The summed E-state index contributed by atoms with van der Waals surface area (Å²) in [4.78, 5) is 17.6. The lowest BCUT2D eigenvalue weighted by molar-refractivity contribution is 0.0742. The molecular weight excluding hydrogens is 204 g/mol. The fraction of sp³-hybridized carbons (Fsp3) is 0.333. The van der Waals surface area contributed by atoms with Gasteiger partial charge in [-0.2, -0.15) is 0 Å². The Hall–Kier alpha value is -1.68. The van der Waals surface area contributed by atoms with E-state index in [1.165, 1.54) is 4.90 Å². The summed E-state index contributed by atoms with van der Waals surface area (Å²) in [7, 11) is 0. The number of aliphatic hydroxyl groups is 1. The number of aromatic nitrogens is 1. The highest BCUT2D eigenvalue weighted by atomic mass is 16.3. The largest absolute Gasteiger partial charge is 0.395 e. The van der Waals surface area contributed by atoms with Gasteiger partial charge in [0.2, 0.25) is 0 Å². The van der Waals surface area contributed by atoms with Gasteiger partial charge in [0.05, 0.1) is 12.2 Å². The Morgan fingerprint density at radius 2 is 2.38 bits per heavy atom. The van der Waals surface area contributed by atoms with E-state index in [-0.39, 0.29) is 12.5 Å². The van der Waals surface area contributed by atoms with Crippen molar-refractivity contribution < 1.29 is 9.90 Å². The highest BCUT2D eigenvalue weighted by Crippen LogP contribution is 2.04. The molecule has 1 aromatic rings.